The van der Waals surface area contributed by atoms with E-state index in [2.05, 4.69) is 29.4 Å². The lowest BCUT2D eigenvalue weighted by Gasteiger charge is -2.32. The highest BCUT2D eigenvalue weighted by Crippen LogP contribution is 2.37. The summed E-state index contributed by atoms with van der Waals surface area (Å²) in [7, 11) is 1.86. The third kappa shape index (κ3) is 2.43. The van der Waals surface area contributed by atoms with Gasteiger partial charge in [-0.25, -0.2) is 0 Å². The molecule has 0 aliphatic heterocycles. The van der Waals surface area contributed by atoms with Crippen LogP contribution in [0.15, 0.2) is 18.3 Å². The van der Waals surface area contributed by atoms with Crippen LogP contribution in [-0.4, -0.2) is 29.1 Å². The zero-order chi connectivity index (χ0) is 13.2. The van der Waals surface area contributed by atoms with Gasteiger partial charge in [0.15, 0.2) is 5.78 Å². The zero-order valence-corrected chi connectivity index (χ0v) is 11.3. The molecule has 1 N–H and O–H groups in total. The van der Waals surface area contributed by atoms with Crippen molar-refractivity contribution in [3.05, 3.63) is 24.0 Å². The molecular weight excluding hydrogens is 226 g/mol. The Morgan fingerprint density at radius 3 is 2.83 bits per heavy atom. The fourth-order valence-electron chi connectivity index (χ4n) is 2.96. The predicted molar refractivity (Wildman–Crippen MR) is 70.3 cm³/mol. The quantitative estimate of drug-likeness (QED) is 0.811. The highest BCUT2D eigenvalue weighted by Gasteiger charge is 2.40. The molecule has 2 atom stereocenters. The summed E-state index contributed by atoms with van der Waals surface area (Å²) in [5, 5.41) is 11.2. The van der Waals surface area contributed by atoms with Gasteiger partial charge in [0.1, 0.15) is 0 Å². The molecular formula is C14H21N3O. The van der Waals surface area contributed by atoms with E-state index in [1.165, 1.54) is 0 Å². The summed E-state index contributed by atoms with van der Waals surface area (Å²) in [4.78, 5) is 12.7. The van der Waals surface area contributed by atoms with Crippen LogP contribution in [0.5, 0.6) is 0 Å². The van der Waals surface area contributed by atoms with E-state index in [4.69, 9.17) is 0 Å². The number of nitrogens with one attached hydrogen (secondary N) is 1. The SMILES string of the molecule is CNC1C(=O)C(c2cccnn2)CCCC1(C)C. The first-order valence-electron chi connectivity index (χ1n) is 6.55. The highest BCUT2D eigenvalue weighted by atomic mass is 16.1. The molecule has 1 saturated carbocycles. The third-order valence-electron chi connectivity index (χ3n) is 3.96. The van der Waals surface area contributed by atoms with E-state index in [0.29, 0.717) is 0 Å². The van der Waals surface area contributed by atoms with Crippen LogP contribution in [0, 0.1) is 5.41 Å². The molecule has 1 aromatic heterocycles. The summed E-state index contributed by atoms with van der Waals surface area (Å²) < 4.78 is 0. The van der Waals surface area contributed by atoms with Crippen molar-refractivity contribution in [1.82, 2.24) is 15.5 Å². The number of carbonyl (C=O) groups is 1. The maximum atomic E-state index is 12.7. The molecule has 1 aromatic rings. The van der Waals surface area contributed by atoms with E-state index < -0.39 is 0 Å². The molecule has 18 heavy (non-hydrogen) atoms. The Kier molecular flexibility index (Phi) is 3.76. The minimum Gasteiger partial charge on any atom is -0.310 e. The maximum Gasteiger partial charge on any atom is 0.159 e. The first-order chi connectivity index (χ1) is 8.56. The molecule has 0 amide bonds. The van der Waals surface area contributed by atoms with Crippen LogP contribution in [0.3, 0.4) is 0 Å². The van der Waals surface area contributed by atoms with Gasteiger partial charge in [0, 0.05) is 6.20 Å². The Bertz CT molecular complexity index is 416. The summed E-state index contributed by atoms with van der Waals surface area (Å²) in [5.74, 6) is 0.137. The largest absolute Gasteiger partial charge is 0.310 e. The first kappa shape index (κ1) is 13.1. The van der Waals surface area contributed by atoms with E-state index in [9.17, 15) is 4.79 Å². The van der Waals surface area contributed by atoms with Gasteiger partial charge in [0.25, 0.3) is 0 Å². The number of Topliss-reactive ketones (excluding diaryl/α,β-unsaturated/α-hetero) is 1. The van der Waals surface area contributed by atoms with E-state index >= 15 is 0 Å². The van der Waals surface area contributed by atoms with Crippen LogP contribution >= 0.6 is 0 Å². The van der Waals surface area contributed by atoms with Crippen molar-refractivity contribution < 1.29 is 4.79 Å². The number of likely N-dealkylation sites (N-methyl/N-ethyl adjacent to an activating group) is 1. The molecule has 0 bridgehead atoms. The van der Waals surface area contributed by atoms with Gasteiger partial charge in [-0.05, 0) is 37.4 Å². The second-order valence-corrected chi connectivity index (χ2v) is 5.71. The maximum absolute atomic E-state index is 12.7. The van der Waals surface area contributed by atoms with E-state index in [0.717, 1.165) is 25.0 Å². The van der Waals surface area contributed by atoms with Gasteiger partial charge in [-0.3, -0.25) is 4.79 Å². The number of nitrogens with zero attached hydrogens (tertiary/aromatic N) is 2. The Labute approximate surface area is 108 Å². The van der Waals surface area contributed by atoms with Crippen molar-refractivity contribution in [2.45, 2.75) is 45.1 Å². The summed E-state index contributed by atoms with van der Waals surface area (Å²) in [6.07, 6.45) is 4.63. The fourth-order valence-corrected chi connectivity index (χ4v) is 2.96. The van der Waals surface area contributed by atoms with Crippen LogP contribution in [0.4, 0.5) is 0 Å². The Morgan fingerprint density at radius 1 is 1.44 bits per heavy atom. The van der Waals surface area contributed by atoms with E-state index in [1.54, 1.807) is 6.20 Å². The summed E-state index contributed by atoms with van der Waals surface area (Å²) in [5.41, 5.74) is 0.809. The van der Waals surface area contributed by atoms with Gasteiger partial charge in [-0.15, -0.1) is 0 Å². The normalized spacial score (nSPS) is 27.8. The molecule has 0 aromatic carbocycles. The molecule has 0 spiro atoms. The average Bonchev–Trinajstić information content (AvgIpc) is 2.46. The predicted octanol–water partition coefficient (Wildman–Crippen LogP) is 1.93. The molecule has 0 radical (unpaired) electrons. The van der Waals surface area contributed by atoms with Crippen LogP contribution in [-0.2, 0) is 4.79 Å². The molecule has 4 nitrogen and oxygen atoms in total. The molecule has 98 valence electrons. The van der Waals surface area contributed by atoms with Gasteiger partial charge < -0.3 is 5.32 Å². The lowest BCUT2D eigenvalue weighted by atomic mass is 9.79. The minimum absolute atomic E-state index is 0.00277. The van der Waals surface area contributed by atoms with Gasteiger partial charge in [0.05, 0.1) is 17.7 Å². The number of carbonyl (C=O) groups excluding carboxylic acids is 1. The standard InChI is InChI=1S/C14H21N3O/c1-14(2)8-4-6-10(12(18)13(14)15-3)11-7-5-9-16-17-11/h5,7,9-10,13,15H,4,6,8H2,1-3H3. The summed E-state index contributed by atoms with van der Waals surface area (Å²) in [6.45, 7) is 4.32. The lowest BCUT2D eigenvalue weighted by molar-refractivity contribution is -0.124. The minimum atomic E-state index is -0.113. The zero-order valence-electron chi connectivity index (χ0n) is 11.3. The summed E-state index contributed by atoms with van der Waals surface area (Å²) >= 11 is 0. The molecule has 2 rings (SSSR count). The molecule has 4 heteroatoms. The smallest absolute Gasteiger partial charge is 0.159 e. The van der Waals surface area contributed by atoms with Gasteiger partial charge >= 0.3 is 0 Å². The van der Waals surface area contributed by atoms with Gasteiger partial charge in [-0.2, -0.15) is 10.2 Å². The Balaban J connectivity index is 2.31. The third-order valence-corrected chi connectivity index (χ3v) is 3.96. The van der Waals surface area contributed by atoms with Crippen molar-refractivity contribution in [2.24, 2.45) is 5.41 Å². The number of ketones is 1. The van der Waals surface area contributed by atoms with Crippen LogP contribution in [0.25, 0.3) is 0 Å². The molecule has 1 fully saturated rings. The van der Waals surface area contributed by atoms with Crippen molar-refractivity contribution in [1.29, 1.82) is 0 Å². The van der Waals surface area contributed by atoms with Crippen molar-refractivity contribution in [3.8, 4) is 0 Å². The second-order valence-electron chi connectivity index (χ2n) is 5.71. The highest BCUT2D eigenvalue weighted by molar-refractivity contribution is 5.91. The van der Waals surface area contributed by atoms with Crippen LogP contribution < -0.4 is 5.32 Å². The van der Waals surface area contributed by atoms with Crippen molar-refractivity contribution in [3.63, 3.8) is 0 Å². The average molecular weight is 247 g/mol. The lowest BCUT2D eigenvalue weighted by Crippen LogP contribution is -2.46. The number of hydrogen-bond donors (Lipinski definition) is 1. The second kappa shape index (κ2) is 5.14. The molecule has 1 aliphatic carbocycles. The van der Waals surface area contributed by atoms with Crippen LogP contribution in [0.1, 0.15) is 44.7 Å². The van der Waals surface area contributed by atoms with Crippen molar-refractivity contribution in [2.75, 3.05) is 7.05 Å². The molecule has 0 saturated heterocycles. The fraction of sp³-hybridized carbons (Fsp3) is 0.643. The molecule has 2 unspecified atom stereocenters. The monoisotopic (exact) mass is 247 g/mol. The van der Waals surface area contributed by atoms with Gasteiger partial charge in [0.2, 0.25) is 0 Å². The topological polar surface area (TPSA) is 54.9 Å². The summed E-state index contributed by atoms with van der Waals surface area (Å²) in [6, 6.07) is 3.65. The number of aromatic nitrogens is 2. The molecule has 1 aliphatic rings. The first-order valence-corrected chi connectivity index (χ1v) is 6.55. The van der Waals surface area contributed by atoms with Gasteiger partial charge in [-0.1, -0.05) is 20.3 Å². The number of hydrogen-bond acceptors (Lipinski definition) is 4. The Hall–Kier alpha value is -1.29. The van der Waals surface area contributed by atoms with E-state index in [-0.39, 0.29) is 23.2 Å². The van der Waals surface area contributed by atoms with E-state index in [1.807, 2.05) is 19.2 Å². The van der Waals surface area contributed by atoms with Crippen LogP contribution in [0.2, 0.25) is 0 Å². The number of rotatable bonds is 2. The Morgan fingerprint density at radius 2 is 2.22 bits per heavy atom. The van der Waals surface area contributed by atoms with Crippen molar-refractivity contribution >= 4 is 5.78 Å². The molecule has 1 heterocycles.